The molecule has 1 aliphatic rings. The number of hydrogen-bond acceptors (Lipinski definition) is 5. The summed E-state index contributed by atoms with van der Waals surface area (Å²) in [4.78, 5) is 10.7. The normalized spacial score (nSPS) is 17.0. The van der Waals surface area contributed by atoms with Gasteiger partial charge in [-0.1, -0.05) is 6.07 Å². The molecule has 0 unspecified atom stereocenters. The number of aliphatic carboxylic acids is 1. The number of carbonyl (C=O) groups is 1. The van der Waals surface area contributed by atoms with Crippen LogP contribution in [0.3, 0.4) is 0 Å². The van der Waals surface area contributed by atoms with Crippen LogP contribution in [0.1, 0.15) is 18.0 Å². The molecule has 0 aromatic heterocycles. The molecule has 0 bridgehead atoms. The lowest BCUT2D eigenvalue weighted by Gasteiger charge is -2.21. The monoisotopic (exact) mass is 252 g/mol. The molecular formula is C12H16N2O4. The molecule has 1 aliphatic heterocycles. The summed E-state index contributed by atoms with van der Waals surface area (Å²) in [6.45, 7) is 1.03. The minimum atomic E-state index is -1.05. The highest BCUT2D eigenvalue weighted by atomic mass is 16.6. The molecular weight excluding hydrogens is 236 g/mol. The highest BCUT2D eigenvalue weighted by Crippen LogP contribution is 2.32. The van der Waals surface area contributed by atoms with Crippen molar-refractivity contribution in [1.82, 2.24) is 0 Å². The third kappa shape index (κ3) is 2.72. The van der Waals surface area contributed by atoms with E-state index >= 15 is 0 Å². The van der Waals surface area contributed by atoms with Crippen LogP contribution >= 0.6 is 0 Å². The first-order valence-electron chi connectivity index (χ1n) is 5.71. The van der Waals surface area contributed by atoms with Crippen molar-refractivity contribution in [3.63, 3.8) is 0 Å². The van der Waals surface area contributed by atoms with E-state index in [4.69, 9.17) is 26.0 Å². The van der Waals surface area contributed by atoms with E-state index in [0.29, 0.717) is 24.7 Å². The Morgan fingerprint density at radius 2 is 1.94 bits per heavy atom. The molecule has 5 N–H and O–H groups in total. The molecule has 0 fully saturated rings. The lowest BCUT2D eigenvalue weighted by molar-refractivity contribution is -0.138. The average Bonchev–Trinajstić information content (AvgIpc) is 2.37. The fraction of sp³-hybridized carbons (Fsp3) is 0.417. The van der Waals surface area contributed by atoms with Gasteiger partial charge in [-0.3, -0.25) is 4.79 Å². The second kappa shape index (κ2) is 5.24. The largest absolute Gasteiger partial charge is 0.486 e. The Hall–Kier alpha value is -1.79. The highest BCUT2D eigenvalue weighted by Gasteiger charge is 2.19. The number of carboxylic acids is 1. The maximum Gasteiger partial charge on any atom is 0.320 e. The summed E-state index contributed by atoms with van der Waals surface area (Å²) in [7, 11) is 0. The Labute approximate surface area is 104 Å². The van der Waals surface area contributed by atoms with Gasteiger partial charge in [-0.2, -0.15) is 0 Å². The molecule has 0 amide bonds. The molecule has 1 heterocycles. The van der Waals surface area contributed by atoms with Crippen LogP contribution < -0.4 is 20.9 Å². The summed E-state index contributed by atoms with van der Waals surface area (Å²) in [6.07, 6.45) is 0.176. The van der Waals surface area contributed by atoms with Crippen molar-refractivity contribution in [3.05, 3.63) is 23.8 Å². The smallest absolute Gasteiger partial charge is 0.320 e. The van der Waals surface area contributed by atoms with Gasteiger partial charge in [0.25, 0.3) is 0 Å². The van der Waals surface area contributed by atoms with Crippen LogP contribution in [-0.4, -0.2) is 30.3 Å². The van der Waals surface area contributed by atoms with Crippen molar-refractivity contribution < 1.29 is 19.4 Å². The number of nitrogens with two attached hydrogens (primary N) is 2. The van der Waals surface area contributed by atoms with E-state index in [9.17, 15) is 4.79 Å². The van der Waals surface area contributed by atoms with Gasteiger partial charge in [-0.25, -0.2) is 0 Å². The van der Waals surface area contributed by atoms with Crippen LogP contribution in [0.2, 0.25) is 0 Å². The van der Waals surface area contributed by atoms with Crippen LogP contribution in [-0.2, 0) is 4.79 Å². The molecule has 18 heavy (non-hydrogen) atoms. The van der Waals surface area contributed by atoms with Crippen LogP contribution in [0, 0.1) is 0 Å². The van der Waals surface area contributed by atoms with Crippen molar-refractivity contribution in [3.8, 4) is 11.5 Å². The van der Waals surface area contributed by atoms with Gasteiger partial charge in [0.05, 0.1) is 0 Å². The molecule has 1 aromatic carbocycles. The first kappa shape index (κ1) is 12.7. The second-order valence-corrected chi connectivity index (χ2v) is 4.19. The lowest BCUT2D eigenvalue weighted by atomic mass is 10.00. The molecule has 0 saturated carbocycles. The molecule has 1 aromatic rings. The first-order valence-corrected chi connectivity index (χ1v) is 5.71. The van der Waals surface area contributed by atoms with Crippen LogP contribution in [0.5, 0.6) is 11.5 Å². The fourth-order valence-corrected chi connectivity index (χ4v) is 1.80. The average molecular weight is 252 g/mol. The molecule has 0 saturated heterocycles. The number of hydrogen-bond donors (Lipinski definition) is 3. The number of carboxylic acid groups (broad SMARTS) is 1. The zero-order valence-electron chi connectivity index (χ0n) is 9.83. The summed E-state index contributed by atoms with van der Waals surface area (Å²) in [6, 6.07) is 3.94. The molecule has 0 aliphatic carbocycles. The van der Waals surface area contributed by atoms with Crippen molar-refractivity contribution in [2.24, 2.45) is 11.5 Å². The minimum absolute atomic E-state index is 0.176. The van der Waals surface area contributed by atoms with E-state index in [1.807, 2.05) is 0 Å². The van der Waals surface area contributed by atoms with Gasteiger partial charge < -0.3 is 26.0 Å². The summed E-state index contributed by atoms with van der Waals surface area (Å²) < 4.78 is 10.8. The highest BCUT2D eigenvalue weighted by molar-refractivity contribution is 5.73. The third-order valence-electron chi connectivity index (χ3n) is 2.82. The molecule has 6 nitrogen and oxygen atoms in total. The van der Waals surface area contributed by atoms with Crippen molar-refractivity contribution >= 4 is 5.97 Å². The molecule has 2 rings (SSSR count). The van der Waals surface area contributed by atoms with Gasteiger partial charge in [0.2, 0.25) is 0 Å². The molecule has 98 valence electrons. The van der Waals surface area contributed by atoms with Gasteiger partial charge in [-0.15, -0.1) is 0 Å². The predicted octanol–water partition coefficient (Wildman–Crippen LogP) is 0.260. The molecule has 0 spiro atoms. The Morgan fingerprint density at radius 1 is 1.28 bits per heavy atom. The van der Waals surface area contributed by atoms with E-state index < -0.39 is 18.1 Å². The Bertz CT molecular complexity index is 450. The van der Waals surface area contributed by atoms with Crippen molar-refractivity contribution in [2.75, 3.05) is 13.2 Å². The SMILES string of the molecule is N[C@H](C[C@H](N)C(=O)O)c1ccc2c(c1)OCCO2. The minimum Gasteiger partial charge on any atom is -0.486 e. The van der Waals surface area contributed by atoms with Crippen molar-refractivity contribution in [1.29, 1.82) is 0 Å². The topological polar surface area (TPSA) is 108 Å². The zero-order valence-corrected chi connectivity index (χ0v) is 9.83. The van der Waals surface area contributed by atoms with Gasteiger partial charge in [0.1, 0.15) is 19.3 Å². The van der Waals surface area contributed by atoms with Crippen LogP contribution in [0.4, 0.5) is 0 Å². The third-order valence-corrected chi connectivity index (χ3v) is 2.82. The fourth-order valence-electron chi connectivity index (χ4n) is 1.80. The van der Waals surface area contributed by atoms with Gasteiger partial charge in [0, 0.05) is 6.04 Å². The summed E-state index contributed by atoms with van der Waals surface area (Å²) >= 11 is 0. The molecule has 6 heteroatoms. The zero-order chi connectivity index (χ0) is 13.1. The van der Waals surface area contributed by atoms with Crippen LogP contribution in [0.25, 0.3) is 0 Å². The Balaban J connectivity index is 2.11. The number of rotatable bonds is 4. The van der Waals surface area contributed by atoms with Crippen LogP contribution in [0.15, 0.2) is 18.2 Å². The first-order chi connectivity index (χ1) is 8.58. The summed E-state index contributed by atoms with van der Waals surface area (Å²) in [5.41, 5.74) is 12.2. The molecule has 0 radical (unpaired) electrons. The van der Waals surface area contributed by atoms with E-state index in [2.05, 4.69) is 0 Å². The summed E-state index contributed by atoms with van der Waals surface area (Å²) in [5, 5.41) is 8.74. The predicted molar refractivity (Wildman–Crippen MR) is 64.6 cm³/mol. The number of ether oxygens (including phenoxy) is 2. The number of fused-ring (bicyclic) bond motifs is 1. The second-order valence-electron chi connectivity index (χ2n) is 4.19. The standard InChI is InChI=1S/C12H16N2O4/c13-8(6-9(14)12(15)16)7-1-2-10-11(5-7)18-4-3-17-10/h1-2,5,8-9H,3-4,6,13-14H2,(H,15,16)/t8-,9+/m1/s1. The van der Waals surface area contributed by atoms with Crippen molar-refractivity contribution in [2.45, 2.75) is 18.5 Å². The van der Waals surface area contributed by atoms with Gasteiger partial charge in [-0.05, 0) is 24.1 Å². The van der Waals surface area contributed by atoms with E-state index in [-0.39, 0.29) is 6.42 Å². The molecule has 2 atom stereocenters. The van der Waals surface area contributed by atoms with E-state index in [1.165, 1.54) is 0 Å². The lowest BCUT2D eigenvalue weighted by Crippen LogP contribution is -2.33. The Kier molecular flexibility index (Phi) is 3.69. The van der Waals surface area contributed by atoms with E-state index in [1.54, 1.807) is 18.2 Å². The maximum atomic E-state index is 10.7. The Morgan fingerprint density at radius 3 is 2.61 bits per heavy atom. The maximum absolute atomic E-state index is 10.7. The van der Waals surface area contributed by atoms with Gasteiger partial charge in [0.15, 0.2) is 11.5 Å². The summed E-state index contributed by atoms with van der Waals surface area (Å²) in [5.74, 6) is 0.265. The quantitative estimate of drug-likeness (QED) is 0.709. The van der Waals surface area contributed by atoms with Gasteiger partial charge >= 0.3 is 5.97 Å². The van der Waals surface area contributed by atoms with E-state index in [0.717, 1.165) is 5.56 Å². The number of benzene rings is 1.